The normalized spacial score (nSPS) is 14.5. The quantitative estimate of drug-likeness (QED) is 0.700. The Morgan fingerprint density at radius 1 is 1.00 bits per heavy atom. The molecule has 3 heteroatoms. The molecule has 0 spiro atoms. The van der Waals surface area contributed by atoms with Gasteiger partial charge in [-0.1, -0.05) is 36.4 Å². The lowest BCUT2D eigenvalue weighted by Crippen LogP contribution is -2.21. The van der Waals surface area contributed by atoms with Crippen molar-refractivity contribution in [2.45, 2.75) is 31.8 Å². The molecule has 1 aromatic heterocycles. The van der Waals surface area contributed by atoms with Crippen molar-refractivity contribution in [3.8, 4) is 5.75 Å². The first-order valence-electron chi connectivity index (χ1n) is 8.46. The minimum absolute atomic E-state index is 0.213. The summed E-state index contributed by atoms with van der Waals surface area (Å²) in [6, 6.07) is 18.9. The van der Waals surface area contributed by atoms with E-state index in [1.165, 1.54) is 46.4 Å². The van der Waals surface area contributed by atoms with Crippen LogP contribution in [0.1, 0.15) is 39.6 Å². The molecule has 3 aromatic rings. The van der Waals surface area contributed by atoms with Crippen LogP contribution in [0.2, 0.25) is 0 Å². The Morgan fingerprint density at radius 3 is 2.62 bits per heavy atom. The van der Waals surface area contributed by atoms with Gasteiger partial charge in [-0.25, -0.2) is 0 Å². The molecule has 1 aliphatic carbocycles. The number of phenolic OH excluding ortho intramolecular Hbond substituents is 1. The summed E-state index contributed by atoms with van der Waals surface area (Å²) in [6.07, 6.45) is 3.71. The Kier molecular flexibility index (Phi) is 4.37. The van der Waals surface area contributed by atoms with E-state index in [2.05, 4.69) is 41.0 Å². The zero-order valence-corrected chi connectivity index (χ0v) is 14.4. The zero-order valence-electron chi connectivity index (χ0n) is 13.5. The van der Waals surface area contributed by atoms with Crippen LogP contribution in [0, 0.1) is 0 Å². The maximum absolute atomic E-state index is 9.43. The van der Waals surface area contributed by atoms with Crippen LogP contribution in [-0.2, 0) is 19.4 Å². The van der Waals surface area contributed by atoms with Gasteiger partial charge in [0.2, 0.25) is 0 Å². The molecule has 4 rings (SSSR count). The Labute approximate surface area is 146 Å². The van der Waals surface area contributed by atoms with Crippen molar-refractivity contribution in [1.29, 1.82) is 0 Å². The van der Waals surface area contributed by atoms with Gasteiger partial charge in [0.05, 0.1) is 6.04 Å². The highest BCUT2D eigenvalue weighted by molar-refractivity contribution is 7.10. The number of thiophene rings is 1. The van der Waals surface area contributed by atoms with Gasteiger partial charge in [-0.3, -0.25) is 0 Å². The predicted molar refractivity (Wildman–Crippen MR) is 99.6 cm³/mol. The van der Waals surface area contributed by atoms with Crippen molar-refractivity contribution < 1.29 is 5.11 Å². The van der Waals surface area contributed by atoms with Crippen LogP contribution in [0.5, 0.6) is 5.75 Å². The van der Waals surface area contributed by atoms with Gasteiger partial charge in [-0.2, -0.15) is 0 Å². The third-order valence-electron chi connectivity index (χ3n) is 4.73. The molecule has 1 atom stereocenters. The number of aromatic hydroxyl groups is 1. The second-order valence-corrected chi connectivity index (χ2v) is 7.36. The van der Waals surface area contributed by atoms with Gasteiger partial charge in [-0.05, 0) is 65.1 Å². The van der Waals surface area contributed by atoms with Gasteiger partial charge in [-0.15, -0.1) is 11.3 Å². The molecule has 122 valence electrons. The number of hydrogen-bond acceptors (Lipinski definition) is 3. The molecule has 0 unspecified atom stereocenters. The van der Waals surface area contributed by atoms with E-state index in [1.54, 1.807) is 23.5 Å². The number of hydrogen-bond donors (Lipinski definition) is 2. The van der Waals surface area contributed by atoms with Gasteiger partial charge in [0.25, 0.3) is 0 Å². The largest absolute Gasteiger partial charge is 0.508 e. The van der Waals surface area contributed by atoms with Crippen molar-refractivity contribution in [3.63, 3.8) is 0 Å². The van der Waals surface area contributed by atoms with Gasteiger partial charge < -0.3 is 10.4 Å². The second kappa shape index (κ2) is 6.80. The van der Waals surface area contributed by atoms with Crippen LogP contribution in [0.25, 0.3) is 0 Å². The van der Waals surface area contributed by atoms with Gasteiger partial charge >= 0.3 is 0 Å². The topological polar surface area (TPSA) is 32.3 Å². The molecule has 0 saturated heterocycles. The van der Waals surface area contributed by atoms with Crippen LogP contribution >= 0.6 is 11.3 Å². The maximum atomic E-state index is 9.43. The van der Waals surface area contributed by atoms with Crippen molar-refractivity contribution in [1.82, 2.24) is 5.32 Å². The van der Waals surface area contributed by atoms with E-state index in [1.807, 2.05) is 12.1 Å². The highest BCUT2D eigenvalue weighted by Gasteiger charge is 2.18. The number of fused-ring (bicyclic) bond motifs is 1. The minimum Gasteiger partial charge on any atom is -0.508 e. The van der Waals surface area contributed by atoms with E-state index < -0.39 is 0 Å². The monoisotopic (exact) mass is 335 g/mol. The number of rotatable bonds is 5. The fourth-order valence-corrected chi connectivity index (χ4v) is 4.27. The van der Waals surface area contributed by atoms with Crippen LogP contribution in [0.3, 0.4) is 0 Å². The Bertz CT molecular complexity index is 808. The molecule has 0 aliphatic heterocycles. The first-order chi connectivity index (χ1) is 11.8. The van der Waals surface area contributed by atoms with E-state index in [0.717, 1.165) is 6.54 Å². The molecule has 0 saturated carbocycles. The molecular weight excluding hydrogens is 314 g/mol. The smallest absolute Gasteiger partial charge is 0.115 e. The van der Waals surface area contributed by atoms with Crippen molar-refractivity contribution in [2.75, 3.05) is 0 Å². The Balaban J connectivity index is 1.59. The number of phenols is 1. The number of nitrogens with one attached hydrogen (secondary N) is 1. The highest BCUT2D eigenvalue weighted by Crippen LogP contribution is 2.30. The van der Waals surface area contributed by atoms with E-state index in [4.69, 9.17) is 0 Å². The van der Waals surface area contributed by atoms with E-state index >= 15 is 0 Å². The molecule has 24 heavy (non-hydrogen) atoms. The molecule has 2 N–H and O–H groups in total. The Hall–Kier alpha value is -2.10. The molecule has 0 fully saturated rings. The summed E-state index contributed by atoms with van der Waals surface area (Å²) >= 11 is 1.79. The SMILES string of the molecule is Oc1ccc(CN[C@H](c2ccc3c(c2)CCC3)c2cccs2)cc1. The number of aryl methyl sites for hydroxylation is 2. The third kappa shape index (κ3) is 3.23. The second-order valence-electron chi connectivity index (χ2n) is 6.38. The first-order valence-corrected chi connectivity index (χ1v) is 9.34. The average Bonchev–Trinajstić information content (AvgIpc) is 3.28. The van der Waals surface area contributed by atoms with E-state index in [0.29, 0.717) is 5.75 Å². The Morgan fingerprint density at radius 2 is 1.83 bits per heavy atom. The fourth-order valence-electron chi connectivity index (χ4n) is 3.44. The van der Waals surface area contributed by atoms with Crippen LogP contribution in [-0.4, -0.2) is 5.11 Å². The highest BCUT2D eigenvalue weighted by atomic mass is 32.1. The predicted octanol–water partition coefficient (Wildman–Crippen LogP) is 4.82. The molecule has 0 amide bonds. The lowest BCUT2D eigenvalue weighted by molar-refractivity contribution is 0.475. The fraction of sp³-hybridized carbons (Fsp3) is 0.238. The zero-order chi connectivity index (χ0) is 16.4. The van der Waals surface area contributed by atoms with Crippen molar-refractivity contribution >= 4 is 11.3 Å². The summed E-state index contributed by atoms with van der Waals surface area (Å²) < 4.78 is 0. The molecule has 2 nitrogen and oxygen atoms in total. The standard InChI is InChI=1S/C21H21NOS/c23-19-10-6-15(7-11-19)14-22-21(20-5-2-12-24-20)18-9-8-16-3-1-4-17(16)13-18/h2,5-13,21-23H,1,3-4,14H2/t21-/m1/s1. The summed E-state index contributed by atoms with van der Waals surface area (Å²) in [7, 11) is 0. The first kappa shape index (κ1) is 15.4. The minimum atomic E-state index is 0.213. The van der Waals surface area contributed by atoms with E-state index in [-0.39, 0.29) is 6.04 Å². The molecule has 2 aromatic carbocycles. The van der Waals surface area contributed by atoms with Crippen LogP contribution in [0.4, 0.5) is 0 Å². The maximum Gasteiger partial charge on any atom is 0.115 e. The van der Waals surface area contributed by atoms with E-state index in [9.17, 15) is 5.11 Å². The average molecular weight is 335 g/mol. The number of benzene rings is 2. The van der Waals surface area contributed by atoms with Gasteiger partial charge in [0.15, 0.2) is 0 Å². The summed E-state index contributed by atoms with van der Waals surface area (Å²) in [5.74, 6) is 0.312. The van der Waals surface area contributed by atoms with Crippen molar-refractivity contribution in [2.24, 2.45) is 0 Å². The molecule has 1 aliphatic rings. The van der Waals surface area contributed by atoms with Gasteiger partial charge in [0.1, 0.15) is 5.75 Å². The lowest BCUT2D eigenvalue weighted by Gasteiger charge is -2.19. The van der Waals surface area contributed by atoms with Gasteiger partial charge in [0, 0.05) is 11.4 Å². The summed E-state index contributed by atoms with van der Waals surface area (Å²) in [5, 5.41) is 15.3. The lowest BCUT2D eigenvalue weighted by atomic mass is 9.99. The summed E-state index contributed by atoms with van der Waals surface area (Å²) in [6.45, 7) is 0.778. The molecule has 0 radical (unpaired) electrons. The molecule has 1 heterocycles. The molecular formula is C21H21NOS. The third-order valence-corrected chi connectivity index (χ3v) is 5.67. The summed E-state index contributed by atoms with van der Waals surface area (Å²) in [4.78, 5) is 1.34. The van der Waals surface area contributed by atoms with Crippen LogP contribution in [0.15, 0.2) is 60.0 Å². The molecule has 0 bridgehead atoms. The van der Waals surface area contributed by atoms with Crippen LogP contribution < -0.4 is 5.32 Å². The summed E-state index contributed by atoms with van der Waals surface area (Å²) in [5.41, 5.74) is 5.55. The van der Waals surface area contributed by atoms with Crippen molar-refractivity contribution in [3.05, 3.63) is 87.1 Å².